The number of hydrogen-bond donors (Lipinski definition) is 0. The molecule has 0 bridgehead atoms. The topological polar surface area (TPSA) is 13.1 Å². The zero-order chi connectivity index (χ0) is 32.8. The monoisotopic (exact) mass is 652 g/mol. The highest BCUT2D eigenvalue weighted by Crippen LogP contribution is 2.46. The normalized spacial score (nSPS) is 12.0. The minimum Gasteiger partial charge on any atom is -0.456 e. The first kappa shape index (κ1) is 27.7. The van der Waals surface area contributed by atoms with Gasteiger partial charge in [-0.1, -0.05) is 127 Å². The van der Waals surface area contributed by atoms with Gasteiger partial charge in [-0.05, 0) is 108 Å². The van der Waals surface area contributed by atoms with Gasteiger partial charge in [-0.25, -0.2) is 0 Å². The van der Waals surface area contributed by atoms with E-state index < -0.39 is 0 Å². The van der Waals surface area contributed by atoms with Gasteiger partial charge < -0.3 is 4.42 Å². The van der Waals surface area contributed by atoms with Crippen LogP contribution in [0.1, 0.15) is 0 Å². The second kappa shape index (κ2) is 10.6. The summed E-state index contributed by atoms with van der Waals surface area (Å²) in [4.78, 5) is 0. The summed E-state index contributed by atoms with van der Waals surface area (Å²) < 4.78 is 8.86. The molecule has 2 aromatic heterocycles. The minimum absolute atomic E-state index is 0.933. The summed E-state index contributed by atoms with van der Waals surface area (Å²) >= 11 is 1.87. The van der Waals surface area contributed by atoms with Crippen molar-refractivity contribution in [2.24, 2.45) is 0 Å². The van der Waals surface area contributed by atoms with Crippen LogP contribution in [0.4, 0.5) is 0 Å². The third-order valence-electron chi connectivity index (χ3n) is 10.4. The van der Waals surface area contributed by atoms with Crippen LogP contribution in [0.2, 0.25) is 0 Å². The van der Waals surface area contributed by atoms with Gasteiger partial charge in [0.15, 0.2) is 0 Å². The van der Waals surface area contributed by atoms with Crippen molar-refractivity contribution in [2.75, 3.05) is 0 Å². The molecule has 0 aliphatic rings. The molecule has 2 heterocycles. The van der Waals surface area contributed by atoms with Gasteiger partial charge in [0.2, 0.25) is 0 Å². The zero-order valence-corrected chi connectivity index (χ0v) is 27.8. The minimum atomic E-state index is 0.933. The molecule has 0 aliphatic carbocycles. The van der Waals surface area contributed by atoms with Gasteiger partial charge in [0.25, 0.3) is 0 Å². The summed E-state index contributed by atoms with van der Waals surface area (Å²) in [6.45, 7) is 0. The standard InChI is InChI=1S/C48H28OS/c1-2-11-29(12-3-1)45-33-15-4-6-17-35(33)46(36-18-7-5-16-34(36)45)32-14-10-13-30(27-32)31-21-25-43-40(28-31)48-38-22-24-42-47(37(38)23-26-44(48)50-43)39-19-8-9-20-41(39)49-42/h1-28H. The molecule has 0 amide bonds. The Bertz CT molecular complexity index is 3090. The van der Waals surface area contributed by atoms with Gasteiger partial charge in [-0.2, -0.15) is 0 Å². The van der Waals surface area contributed by atoms with Gasteiger partial charge in [-0.15, -0.1) is 11.3 Å². The van der Waals surface area contributed by atoms with Crippen LogP contribution >= 0.6 is 11.3 Å². The molecule has 1 nitrogen and oxygen atoms in total. The SMILES string of the molecule is c1ccc(-c2c3ccccc3c(-c3cccc(-c4ccc5sc6ccc7c(ccc8oc9ccccc9c87)c6c5c4)c3)c3ccccc23)cc1. The summed E-state index contributed by atoms with van der Waals surface area (Å²) in [5, 5.41) is 12.6. The Balaban J connectivity index is 1.13. The van der Waals surface area contributed by atoms with Gasteiger partial charge in [0.05, 0.1) is 0 Å². The first-order chi connectivity index (χ1) is 24.8. The molecule has 0 radical (unpaired) electrons. The second-order valence-corrected chi connectivity index (χ2v) is 14.3. The van der Waals surface area contributed by atoms with Crippen LogP contribution in [0.5, 0.6) is 0 Å². The molecule has 0 saturated carbocycles. The van der Waals surface area contributed by atoms with Crippen molar-refractivity contribution in [1.29, 1.82) is 0 Å². The molecule has 0 saturated heterocycles. The van der Waals surface area contributed by atoms with Crippen molar-refractivity contribution < 1.29 is 4.42 Å². The van der Waals surface area contributed by atoms with Crippen LogP contribution in [0.15, 0.2) is 174 Å². The summed E-state index contributed by atoms with van der Waals surface area (Å²) in [7, 11) is 0. The third-order valence-corrected chi connectivity index (χ3v) is 11.6. The van der Waals surface area contributed by atoms with E-state index in [1.54, 1.807) is 0 Å². The lowest BCUT2D eigenvalue weighted by Crippen LogP contribution is -1.91. The molecule has 0 fully saturated rings. The van der Waals surface area contributed by atoms with Gasteiger partial charge in [0.1, 0.15) is 11.2 Å². The molecular formula is C48H28OS. The number of furan rings is 1. The van der Waals surface area contributed by atoms with E-state index in [1.165, 1.54) is 96.6 Å². The number of benzene rings is 9. The summed E-state index contributed by atoms with van der Waals surface area (Å²) in [6.07, 6.45) is 0. The first-order valence-electron chi connectivity index (χ1n) is 17.1. The van der Waals surface area contributed by atoms with E-state index >= 15 is 0 Å². The molecule has 2 heteroatoms. The molecule has 0 unspecified atom stereocenters. The summed E-state index contributed by atoms with van der Waals surface area (Å²) in [5.74, 6) is 0. The summed E-state index contributed by atoms with van der Waals surface area (Å²) in [5.41, 5.74) is 9.35. The molecular weight excluding hydrogens is 625 g/mol. The van der Waals surface area contributed by atoms with Crippen molar-refractivity contribution in [2.45, 2.75) is 0 Å². The first-order valence-corrected chi connectivity index (χ1v) is 17.9. The van der Waals surface area contributed by atoms with Crippen molar-refractivity contribution in [1.82, 2.24) is 0 Å². The van der Waals surface area contributed by atoms with E-state index in [9.17, 15) is 0 Å². The Kier molecular flexibility index (Phi) is 5.89. The molecule has 0 spiro atoms. The fourth-order valence-corrected chi connectivity index (χ4v) is 9.40. The van der Waals surface area contributed by atoms with E-state index in [-0.39, 0.29) is 0 Å². The van der Waals surface area contributed by atoms with E-state index in [1.807, 2.05) is 17.4 Å². The lowest BCUT2D eigenvalue weighted by molar-refractivity contribution is 0.669. The predicted molar refractivity (Wildman–Crippen MR) is 215 cm³/mol. The highest BCUT2D eigenvalue weighted by Gasteiger charge is 2.18. The second-order valence-electron chi connectivity index (χ2n) is 13.2. The maximum atomic E-state index is 6.25. The van der Waals surface area contributed by atoms with Crippen LogP contribution in [0.3, 0.4) is 0 Å². The van der Waals surface area contributed by atoms with Crippen molar-refractivity contribution in [3.63, 3.8) is 0 Å². The van der Waals surface area contributed by atoms with Crippen LogP contribution in [-0.2, 0) is 0 Å². The Morgan fingerprint density at radius 3 is 1.62 bits per heavy atom. The molecule has 232 valence electrons. The highest BCUT2D eigenvalue weighted by molar-refractivity contribution is 7.26. The van der Waals surface area contributed by atoms with Gasteiger partial charge in [0, 0.05) is 30.9 Å². The average Bonchev–Trinajstić information content (AvgIpc) is 3.75. The van der Waals surface area contributed by atoms with Crippen molar-refractivity contribution in [3.8, 4) is 33.4 Å². The van der Waals surface area contributed by atoms with Crippen molar-refractivity contribution >= 4 is 85.8 Å². The van der Waals surface area contributed by atoms with E-state index in [4.69, 9.17) is 4.42 Å². The lowest BCUT2D eigenvalue weighted by atomic mass is 9.85. The number of rotatable bonds is 3. The average molecular weight is 653 g/mol. The zero-order valence-electron chi connectivity index (χ0n) is 27.0. The summed E-state index contributed by atoms with van der Waals surface area (Å²) in [6, 6.07) is 62.0. The smallest absolute Gasteiger partial charge is 0.136 e. The molecule has 50 heavy (non-hydrogen) atoms. The Labute approximate surface area is 292 Å². The third kappa shape index (κ3) is 4.00. The molecule has 11 aromatic rings. The van der Waals surface area contributed by atoms with Crippen LogP contribution in [0.25, 0.3) is 108 Å². The van der Waals surface area contributed by atoms with Gasteiger partial charge >= 0.3 is 0 Å². The van der Waals surface area contributed by atoms with Crippen LogP contribution < -0.4 is 0 Å². The maximum absolute atomic E-state index is 6.25. The maximum Gasteiger partial charge on any atom is 0.136 e. The largest absolute Gasteiger partial charge is 0.456 e. The van der Waals surface area contributed by atoms with Crippen molar-refractivity contribution in [3.05, 3.63) is 170 Å². The lowest BCUT2D eigenvalue weighted by Gasteiger charge is -2.18. The Morgan fingerprint density at radius 1 is 0.300 bits per heavy atom. The van der Waals surface area contributed by atoms with E-state index in [0.29, 0.717) is 0 Å². The number of fused-ring (bicyclic) bond motifs is 11. The number of thiophene rings is 1. The highest BCUT2D eigenvalue weighted by atomic mass is 32.1. The predicted octanol–water partition coefficient (Wildman–Crippen LogP) is 14.4. The molecule has 11 rings (SSSR count). The molecule has 0 aliphatic heterocycles. The van der Waals surface area contributed by atoms with Crippen LogP contribution in [-0.4, -0.2) is 0 Å². The quantitative estimate of drug-likeness (QED) is 0.173. The van der Waals surface area contributed by atoms with Gasteiger partial charge in [-0.3, -0.25) is 0 Å². The fraction of sp³-hybridized carbons (Fsp3) is 0. The molecule has 9 aromatic carbocycles. The fourth-order valence-electron chi connectivity index (χ4n) is 8.29. The molecule has 0 N–H and O–H groups in total. The number of para-hydroxylation sites is 1. The van der Waals surface area contributed by atoms with E-state index in [0.717, 1.165) is 11.2 Å². The Morgan fingerprint density at radius 2 is 0.860 bits per heavy atom. The molecule has 0 atom stereocenters. The number of hydrogen-bond acceptors (Lipinski definition) is 2. The van der Waals surface area contributed by atoms with Crippen LogP contribution in [0, 0.1) is 0 Å². The van der Waals surface area contributed by atoms with E-state index in [2.05, 4.69) is 164 Å². The Hall–Kier alpha value is -6.22.